The van der Waals surface area contributed by atoms with Gasteiger partial charge in [-0.2, -0.15) is 0 Å². The molecule has 2 amide bonds. The fraction of sp³-hybridized carbons (Fsp3) is 0.450. The predicted octanol–water partition coefficient (Wildman–Crippen LogP) is 3.62. The van der Waals surface area contributed by atoms with Crippen LogP contribution in [0.5, 0.6) is 0 Å². The molecule has 0 bridgehead atoms. The normalized spacial score (nSPS) is 17.3. The molecule has 142 valence electrons. The van der Waals surface area contributed by atoms with Crippen molar-refractivity contribution in [2.45, 2.75) is 50.6 Å². The molecular formula is C20H23N3O2S2. The Morgan fingerprint density at radius 1 is 1.44 bits per heavy atom. The van der Waals surface area contributed by atoms with Crippen LogP contribution < -0.4 is 5.73 Å². The summed E-state index contributed by atoms with van der Waals surface area (Å²) in [5, 5.41) is 0.737. The van der Waals surface area contributed by atoms with Crippen LogP contribution in [0.25, 0.3) is 10.4 Å². The molecule has 2 aromatic rings. The maximum Gasteiger partial charge on any atom is 0.255 e. The quantitative estimate of drug-likeness (QED) is 0.750. The minimum absolute atomic E-state index is 0.163. The maximum atomic E-state index is 13.0. The second-order valence-electron chi connectivity index (χ2n) is 7.39. The maximum absolute atomic E-state index is 13.0. The van der Waals surface area contributed by atoms with E-state index in [1.165, 1.54) is 24.2 Å². The Labute approximate surface area is 167 Å². The standard InChI is InChI=1S/C20H23N3O2S2/c1-10-19(27-17(22-10)8-16(21)24)13-6-14-9-23(11(2)12-4-5-12)20(25)18(14)15(7-13)26-3/h6-7,11-12H,4-5,8-9H2,1-3H3,(H2,21,24). The molecule has 1 aliphatic heterocycles. The van der Waals surface area contributed by atoms with Crippen LogP contribution in [0.2, 0.25) is 0 Å². The third-order valence-electron chi connectivity index (χ3n) is 5.44. The number of primary amides is 1. The van der Waals surface area contributed by atoms with Crippen molar-refractivity contribution in [3.63, 3.8) is 0 Å². The van der Waals surface area contributed by atoms with Gasteiger partial charge in [-0.3, -0.25) is 9.59 Å². The molecule has 2 N–H and O–H groups in total. The molecule has 1 unspecified atom stereocenters. The highest BCUT2D eigenvalue weighted by atomic mass is 32.2. The SMILES string of the molecule is CSc1cc(-c2sc(CC(N)=O)nc2C)cc2c1C(=O)N(C(C)C1CC1)C2. The number of aromatic nitrogens is 1. The van der Waals surface area contributed by atoms with Crippen molar-refractivity contribution in [2.75, 3.05) is 6.26 Å². The minimum atomic E-state index is -0.371. The molecule has 1 aromatic heterocycles. The van der Waals surface area contributed by atoms with Crippen LogP contribution >= 0.6 is 23.1 Å². The summed E-state index contributed by atoms with van der Waals surface area (Å²) in [7, 11) is 0. The molecule has 1 atom stereocenters. The summed E-state index contributed by atoms with van der Waals surface area (Å²) >= 11 is 3.12. The van der Waals surface area contributed by atoms with E-state index < -0.39 is 0 Å². The third kappa shape index (κ3) is 3.38. The number of nitrogens with zero attached hydrogens (tertiary/aromatic N) is 2. The summed E-state index contributed by atoms with van der Waals surface area (Å²) in [6, 6.07) is 4.51. The Kier molecular flexibility index (Phi) is 4.76. The van der Waals surface area contributed by atoms with Gasteiger partial charge in [-0.25, -0.2) is 4.98 Å². The van der Waals surface area contributed by atoms with Gasteiger partial charge in [0.15, 0.2) is 0 Å². The number of rotatable bonds is 6. The van der Waals surface area contributed by atoms with Crippen molar-refractivity contribution in [2.24, 2.45) is 11.7 Å². The molecule has 7 heteroatoms. The van der Waals surface area contributed by atoms with Gasteiger partial charge < -0.3 is 10.6 Å². The number of carbonyl (C=O) groups is 2. The average molecular weight is 402 g/mol. The third-order valence-corrected chi connectivity index (χ3v) is 7.41. The summed E-state index contributed by atoms with van der Waals surface area (Å²) < 4.78 is 0. The van der Waals surface area contributed by atoms with Crippen LogP contribution in [-0.2, 0) is 17.8 Å². The van der Waals surface area contributed by atoms with Gasteiger partial charge in [0, 0.05) is 17.5 Å². The molecule has 5 nitrogen and oxygen atoms in total. The van der Waals surface area contributed by atoms with E-state index in [1.54, 1.807) is 11.8 Å². The van der Waals surface area contributed by atoms with E-state index >= 15 is 0 Å². The second kappa shape index (κ2) is 6.95. The van der Waals surface area contributed by atoms with E-state index in [4.69, 9.17) is 5.73 Å². The lowest BCUT2D eigenvalue weighted by Gasteiger charge is -2.24. The van der Waals surface area contributed by atoms with Gasteiger partial charge >= 0.3 is 0 Å². The van der Waals surface area contributed by atoms with Crippen molar-refractivity contribution in [3.8, 4) is 10.4 Å². The molecule has 27 heavy (non-hydrogen) atoms. The van der Waals surface area contributed by atoms with Crippen molar-refractivity contribution in [3.05, 3.63) is 34.0 Å². The molecule has 1 saturated carbocycles. The van der Waals surface area contributed by atoms with Crippen LogP contribution in [0, 0.1) is 12.8 Å². The van der Waals surface area contributed by atoms with Gasteiger partial charge in [0.2, 0.25) is 5.91 Å². The van der Waals surface area contributed by atoms with Crippen LogP contribution in [0.4, 0.5) is 0 Å². The first-order valence-corrected chi connectivity index (χ1v) is 11.2. The lowest BCUT2D eigenvalue weighted by Crippen LogP contribution is -2.34. The Balaban J connectivity index is 1.72. The molecule has 2 aliphatic rings. The van der Waals surface area contributed by atoms with E-state index in [9.17, 15) is 9.59 Å². The number of aryl methyl sites for hydroxylation is 1. The van der Waals surface area contributed by atoms with Crippen molar-refractivity contribution >= 4 is 34.9 Å². The topological polar surface area (TPSA) is 76.3 Å². The van der Waals surface area contributed by atoms with Crippen molar-refractivity contribution in [1.82, 2.24) is 9.88 Å². The molecule has 4 rings (SSSR count). The Bertz CT molecular complexity index is 934. The summed E-state index contributed by atoms with van der Waals surface area (Å²) in [5.74, 6) is 0.445. The highest BCUT2D eigenvalue weighted by Gasteiger charge is 2.39. The zero-order valence-corrected chi connectivity index (χ0v) is 17.4. The largest absolute Gasteiger partial charge is 0.369 e. The van der Waals surface area contributed by atoms with Gasteiger partial charge in [0.1, 0.15) is 5.01 Å². The molecule has 1 fully saturated rings. The van der Waals surface area contributed by atoms with Crippen LogP contribution in [-0.4, -0.2) is 34.0 Å². The highest BCUT2D eigenvalue weighted by molar-refractivity contribution is 7.98. The minimum Gasteiger partial charge on any atom is -0.369 e. The van der Waals surface area contributed by atoms with E-state index in [-0.39, 0.29) is 18.2 Å². The summed E-state index contributed by atoms with van der Waals surface area (Å²) in [6.45, 7) is 4.80. The summed E-state index contributed by atoms with van der Waals surface area (Å²) in [4.78, 5) is 32.9. The Hall–Kier alpha value is -1.86. The van der Waals surface area contributed by atoms with Gasteiger partial charge in [-0.15, -0.1) is 23.1 Å². The molecule has 0 spiro atoms. The molecular weight excluding hydrogens is 378 g/mol. The van der Waals surface area contributed by atoms with E-state index in [2.05, 4.69) is 24.0 Å². The Morgan fingerprint density at radius 2 is 2.19 bits per heavy atom. The lowest BCUT2D eigenvalue weighted by atomic mass is 10.0. The van der Waals surface area contributed by atoms with Crippen molar-refractivity contribution < 1.29 is 9.59 Å². The molecule has 1 aliphatic carbocycles. The number of carbonyl (C=O) groups excluding carboxylic acids is 2. The monoisotopic (exact) mass is 401 g/mol. The number of nitrogens with two attached hydrogens (primary N) is 1. The van der Waals surface area contributed by atoms with Gasteiger partial charge in [0.25, 0.3) is 5.91 Å². The fourth-order valence-electron chi connectivity index (χ4n) is 3.84. The number of thioether (sulfide) groups is 1. The number of amides is 2. The highest BCUT2D eigenvalue weighted by Crippen LogP contribution is 2.42. The first kappa shape index (κ1) is 18.5. The first-order chi connectivity index (χ1) is 12.9. The number of benzene rings is 1. The first-order valence-electron chi connectivity index (χ1n) is 9.16. The van der Waals surface area contributed by atoms with Crippen molar-refractivity contribution in [1.29, 1.82) is 0 Å². The lowest BCUT2D eigenvalue weighted by molar-refractivity contribution is -0.117. The van der Waals surface area contributed by atoms with Gasteiger partial charge in [0.05, 0.1) is 22.6 Å². The zero-order chi connectivity index (χ0) is 19.3. The number of hydrogen-bond acceptors (Lipinski definition) is 5. The Morgan fingerprint density at radius 3 is 2.81 bits per heavy atom. The summed E-state index contributed by atoms with van der Waals surface area (Å²) in [5.41, 5.74) is 9.23. The number of thiazole rings is 1. The van der Waals surface area contributed by atoms with E-state index in [0.717, 1.165) is 37.2 Å². The smallest absolute Gasteiger partial charge is 0.255 e. The molecule has 0 saturated heterocycles. The number of hydrogen-bond donors (Lipinski definition) is 1. The average Bonchev–Trinajstić information content (AvgIpc) is 3.33. The van der Waals surface area contributed by atoms with Crippen LogP contribution in [0.3, 0.4) is 0 Å². The predicted molar refractivity (Wildman–Crippen MR) is 109 cm³/mol. The van der Waals surface area contributed by atoms with Crippen LogP contribution in [0.1, 0.15) is 46.4 Å². The van der Waals surface area contributed by atoms with Crippen LogP contribution in [0.15, 0.2) is 17.0 Å². The molecule has 0 radical (unpaired) electrons. The van der Waals surface area contributed by atoms with E-state index in [0.29, 0.717) is 18.5 Å². The fourth-order valence-corrected chi connectivity index (χ4v) is 5.57. The molecule has 1 aromatic carbocycles. The van der Waals surface area contributed by atoms with Gasteiger partial charge in [-0.1, -0.05) is 0 Å². The zero-order valence-electron chi connectivity index (χ0n) is 15.7. The molecule has 2 heterocycles. The van der Waals surface area contributed by atoms with E-state index in [1.807, 2.05) is 18.1 Å². The summed E-state index contributed by atoms with van der Waals surface area (Å²) in [6.07, 6.45) is 4.63. The second-order valence-corrected chi connectivity index (χ2v) is 9.32. The number of fused-ring (bicyclic) bond motifs is 1. The van der Waals surface area contributed by atoms with Gasteiger partial charge in [-0.05, 0) is 62.1 Å².